The van der Waals surface area contributed by atoms with Gasteiger partial charge in [-0.05, 0) is 45.4 Å². The smallest absolute Gasteiger partial charge is 0.341 e. The lowest BCUT2D eigenvalue weighted by Crippen LogP contribution is -2.17. The molecule has 0 fully saturated rings. The summed E-state index contributed by atoms with van der Waals surface area (Å²) in [6.45, 7) is 12.3. The molecule has 2 aromatic heterocycles. The molecule has 1 aromatic carbocycles. The number of thioether (sulfide) groups is 1. The Hall–Kier alpha value is -3.11. The molecule has 0 aliphatic rings. The zero-order valence-electron chi connectivity index (χ0n) is 19.7. The Balaban J connectivity index is 1.65. The van der Waals surface area contributed by atoms with E-state index in [1.165, 1.54) is 23.1 Å². The van der Waals surface area contributed by atoms with Gasteiger partial charge in [0.2, 0.25) is 5.91 Å². The van der Waals surface area contributed by atoms with Crippen LogP contribution in [0.2, 0.25) is 0 Å². The van der Waals surface area contributed by atoms with Crippen molar-refractivity contribution >= 4 is 40.0 Å². The van der Waals surface area contributed by atoms with Gasteiger partial charge < -0.3 is 14.8 Å². The lowest BCUT2D eigenvalue weighted by Gasteiger charge is -2.10. The average Bonchev–Trinajstić information content (AvgIpc) is 3.31. The number of esters is 1. The number of nitrogens with zero attached hydrogens (tertiary/aromatic N) is 3. The van der Waals surface area contributed by atoms with E-state index < -0.39 is 5.97 Å². The van der Waals surface area contributed by atoms with Crippen LogP contribution in [0, 0.1) is 20.8 Å². The van der Waals surface area contributed by atoms with Crippen LogP contribution in [0.5, 0.6) is 5.75 Å². The molecule has 0 saturated heterocycles. The highest BCUT2D eigenvalue weighted by Crippen LogP contribution is 2.33. The normalized spacial score (nSPS) is 10.7. The molecule has 8 nitrogen and oxygen atoms in total. The number of rotatable bonds is 11. The Morgan fingerprint density at radius 1 is 1.21 bits per heavy atom. The van der Waals surface area contributed by atoms with Gasteiger partial charge in [0.05, 0.1) is 17.9 Å². The van der Waals surface area contributed by atoms with Gasteiger partial charge in [-0.3, -0.25) is 9.36 Å². The second-order valence-electron chi connectivity index (χ2n) is 7.44. The summed E-state index contributed by atoms with van der Waals surface area (Å²) >= 11 is 2.62. The van der Waals surface area contributed by atoms with Crippen molar-refractivity contribution < 1.29 is 19.1 Å². The molecule has 0 atom stereocenters. The molecule has 180 valence electrons. The van der Waals surface area contributed by atoms with Crippen molar-refractivity contribution in [2.45, 2.75) is 46.0 Å². The molecule has 3 aromatic rings. The molecular weight excluding hydrogens is 472 g/mol. The van der Waals surface area contributed by atoms with Gasteiger partial charge in [0.1, 0.15) is 17.4 Å². The second-order valence-corrected chi connectivity index (χ2v) is 9.61. The Kier molecular flexibility index (Phi) is 8.89. The van der Waals surface area contributed by atoms with Crippen molar-refractivity contribution in [3.05, 3.63) is 64.3 Å². The summed E-state index contributed by atoms with van der Waals surface area (Å²) in [7, 11) is 0. The maximum absolute atomic E-state index is 12.7. The lowest BCUT2D eigenvalue weighted by atomic mass is 10.1. The quantitative estimate of drug-likeness (QED) is 0.226. The van der Waals surface area contributed by atoms with E-state index in [2.05, 4.69) is 22.1 Å². The number of amides is 1. The number of thiophene rings is 1. The van der Waals surface area contributed by atoms with Crippen molar-refractivity contribution in [2.75, 3.05) is 17.7 Å². The summed E-state index contributed by atoms with van der Waals surface area (Å²) in [5.41, 5.74) is 2.38. The van der Waals surface area contributed by atoms with E-state index in [-0.39, 0.29) is 24.9 Å². The van der Waals surface area contributed by atoms with E-state index >= 15 is 0 Å². The van der Waals surface area contributed by atoms with E-state index in [0.717, 1.165) is 21.8 Å². The third-order valence-electron chi connectivity index (χ3n) is 4.94. The molecule has 1 amide bonds. The minimum atomic E-state index is -0.434. The summed E-state index contributed by atoms with van der Waals surface area (Å²) in [6.07, 6.45) is 1.74. The molecule has 0 spiro atoms. The van der Waals surface area contributed by atoms with Crippen molar-refractivity contribution in [3.8, 4) is 5.75 Å². The highest BCUT2D eigenvalue weighted by atomic mass is 32.2. The van der Waals surface area contributed by atoms with E-state index in [0.29, 0.717) is 28.1 Å². The Morgan fingerprint density at radius 2 is 1.94 bits per heavy atom. The van der Waals surface area contributed by atoms with Gasteiger partial charge in [0, 0.05) is 11.4 Å². The molecule has 0 saturated carbocycles. The van der Waals surface area contributed by atoms with E-state index in [4.69, 9.17) is 9.47 Å². The number of nitrogens with one attached hydrogen (secondary N) is 1. The molecular formula is C24H28N4O4S2. The number of carbonyl (C=O) groups excluding carboxylic acids is 2. The van der Waals surface area contributed by atoms with Gasteiger partial charge in [-0.25, -0.2) is 4.79 Å². The number of aryl methyl sites for hydroxylation is 2. The number of hydrogen-bond donors (Lipinski definition) is 1. The van der Waals surface area contributed by atoms with Crippen LogP contribution in [0.3, 0.4) is 0 Å². The minimum Gasteiger partial charge on any atom is -0.486 e. The number of carbonyl (C=O) groups is 2. The zero-order chi connectivity index (χ0) is 24.7. The summed E-state index contributed by atoms with van der Waals surface area (Å²) < 4.78 is 12.8. The number of aromatic nitrogens is 3. The van der Waals surface area contributed by atoms with Crippen molar-refractivity contribution in [3.63, 3.8) is 0 Å². The lowest BCUT2D eigenvalue weighted by molar-refractivity contribution is -0.113. The highest BCUT2D eigenvalue weighted by molar-refractivity contribution is 7.99. The Bertz CT molecular complexity index is 1170. The van der Waals surface area contributed by atoms with Gasteiger partial charge >= 0.3 is 5.97 Å². The summed E-state index contributed by atoms with van der Waals surface area (Å²) in [5.74, 6) is 0.800. The Labute approximate surface area is 207 Å². The third kappa shape index (κ3) is 6.27. The summed E-state index contributed by atoms with van der Waals surface area (Å²) in [4.78, 5) is 26.0. The first kappa shape index (κ1) is 25.5. The number of ether oxygens (including phenoxy) is 2. The third-order valence-corrected chi connectivity index (χ3v) is 7.03. The minimum absolute atomic E-state index is 0.104. The number of allylic oxidation sites excluding steroid dienone is 1. The number of hydrogen-bond acceptors (Lipinski definition) is 8. The molecule has 1 N–H and O–H groups in total. The van der Waals surface area contributed by atoms with Gasteiger partial charge in [0.25, 0.3) is 0 Å². The SMILES string of the molecule is C=CCn1c(COc2ccc(C)cc2)nnc1SCC(=O)Nc1sc(C)c(C)c1C(=O)OCC. The number of benzene rings is 1. The van der Waals surface area contributed by atoms with Gasteiger partial charge in [-0.15, -0.1) is 28.1 Å². The van der Waals surface area contributed by atoms with Gasteiger partial charge in [-0.2, -0.15) is 0 Å². The molecule has 3 rings (SSSR count). The van der Waals surface area contributed by atoms with Crippen LogP contribution in [0.1, 0.15) is 39.1 Å². The van der Waals surface area contributed by atoms with Crippen LogP contribution in [-0.4, -0.2) is 39.0 Å². The predicted octanol–water partition coefficient (Wildman–Crippen LogP) is 4.94. The first-order valence-corrected chi connectivity index (χ1v) is 12.6. The topological polar surface area (TPSA) is 95.3 Å². The maximum Gasteiger partial charge on any atom is 0.341 e. The summed E-state index contributed by atoms with van der Waals surface area (Å²) in [5, 5.41) is 12.4. The van der Waals surface area contributed by atoms with Gasteiger partial charge in [0.15, 0.2) is 11.0 Å². The first-order valence-electron chi connectivity index (χ1n) is 10.8. The molecule has 0 aliphatic heterocycles. The molecule has 0 unspecified atom stereocenters. The van der Waals surface area contributed by atoms with E-state index in [1.807, 2.05) is 49.6 Å². The van der Waals surface area contributed by atoms with Crippen LogP contribution in [0.25, 0.3) is 0 Å². The second kappa shape index (κ2) is 11.8. The van der Waals surface area contributed by atoms with Crippen LogP contribution in [0.15, 0.2) is 42.1 Å². The zero-order valence-corrected chi connectivity index (χ0v) is 21.3. The highest BCUT2D eigenvalue weighted by Gasteiger charge is 2.22. The first-order chi connectivity index (χ1) is 16.3. The van der Waals surface area contributed by atoms with Gasteiger partial charge in [-0.1, -0.05) is 35.5 Å². The van der Waals surface area contributed by atoms with Crippen LogP contribution >= 0.6 is 23.1 Å². The Morgan fingerprint density at radius 3 is 2.62 bits per heavy atom. The van der Waals surface area contributed by atoms with Crippen LogP contribution in [-0.2, 0) is 22.7 Å². The fraction of sp³-hybridized carbons (Fsp3) is 0.333. The molecule has 0 radical (unpaired) electrons. The van der Waals surface area contributed by atoms with Crippen molar-refractivity contribution in [1.82, 2.24) is 14.8 Å². The standard InChI is InChI=1S/C24H28N4O4S2/c1-6-12-28-19(13-32-18-10-8-15(3)9-11-18)26-27-24(28)33-14-20(29)25-22-21(23(30)31-7-2)16(4)17(5)34-22/h6,8-11H,1,7,12-14H2,2-5H3,(H,25,29). The van der Waals surface area contributed by atoms with E-state index in [1.54, 1.807) is 13.0 Å². The molecule has 34 heavy (non-hydrogen) atoms. The molecule has 2 heterocycles. The average molecular weight is 501 g/mol. The fourth-order valence-electron chi connectivity index (χ4n) is 3.08. The summed E-state index contributed by atoms with van der Waals surface area (Å²) in [6, 6.07) is 7.77. The van der Waals surface area contributed by atoms with Crippen molar-refractivity contribution in [2.24, 2.45) is 0 Å². The van der Waals surface area contributed by atoms with Crippen molar-refractivity contribution in [1.29, 1.82) is 0 Å². The molecule has 0 aliphatic carbocycles. The largest absolute Gasteiger partial charge is 0.486 e. The molecule has 10 heteroatoms. The van der Waals surface area contributed by atoms with E-state index in [9.17, 15) is 9.59 Å². The van der Waals surface area contributed by atoms with Crippen LogP contribution in [0.4, 0.5) is 5.00 Å². The molecule has 0 bridgehead atoms. The fourth-order valence-corrected chi connectivity index (χ4v) is 4.92. The van der Waals surface area contributed by atoms with Crippen LogP contribution < -0.4 is 10.1 Å². The maximum atomic E-state index is 12.7. The predicted molar refractivity (Wildman–Crippen MR) is 135 cm³/mol. The monoisotopic (exact) mass is 500 g/mol. The number of anilines is 1.